The number of halogens is 1. The van der Waals surface area contributed by atoms with Crippen LogP contribution in [0.5, 0.6) is 0 Å². The minimum Gasteiger partial charge on any atom is -0.457 e. The van der Waals surface area contributed by atoms with E-state index < -0.39 is 27.7 Å². The fraction of sp³-hybridized carbons (Fsp3) is 0.364. The summed E-state index contributed by atoms with van der Waals surface area (Å²) in [5, 5.41) is 0. The molecule has 0 radical (unpaired) electrons. The van der Waals surface area contributed by atoms with Crippen LogP contribution in [0.25, 0.3) is 0 Å². The second-order valence-electron chi connectivity index (χ2n) is 7.21. The van der Waals surface area contributed by atoms with E-state index >= 15 is 0 Å². The van der Waals surface area contributed by atoms with Crippen molar-refractivity contribution in [3.05, 3.63) is 65.5 Å². The number of ketones is 1. The highest BCUT2D eigenvalue weighted by atomic mass is 32.2. The van der Waals surface area contributed by atoms with Crippen molar-refractivity contribution in [3.8, 4) is 0 Å². The summed E-state index contributed by atoms with van der Waals surface area (Å²) in [7, 11) is -3.74. The van der Waals surface area contributed by atoms with Crippen LogP contribution in [0.4, 0.5) is 4.39 Å². The lowest BCUT2D eigenvalue weighted by molar-refractivity contribution is -0.148. The summed E-state index contributed by atoms with van der Waals surface area (Å²) in [6.07, 6.45) is 1.48. The molecule has 0 amide bonds. The van der Waals surface area contributed by atoms with Gasteiger partial charge in [0.2, 0.25) is 10.0 Å². The zero-order valence-corrected chi connectivity index (χ0v) is 17.5. The van der Waals surface area contributed by atoms with Gasteiger partial charge in [0.15, 0.2) is 12.4 Å². The van der Waals surface area contributed by atoms with E-state index in [-0.39, 0.29) is 30.4 Å². The highest BCUT2D eigenvalue weighted by Crippen LogP contribution is 2.25. The van der Waals surface area contributed by atoms with Gasteiger partial charge < -0.3 is 4.74 Å². The average Bonchev–Trinajstić information content (AvgIpc) is 2.77. The monoisotopic (exact) mass is 433 g/mol. The van der Waals surface area contributed by atoms with Crippen LogP contribution in [0.15, 0.2) is 53.4 Å². The number of carbonyl (C=O) groups excluding carboxylic acids is 2. The number of ether oxygens (including phenoxy) is 1. The first-order valence-corrected chi connectivity index (χ1v) is 11.3. The molecule has 160 valence electrons. The minimum atomic E-state index is -3.74. The predicted octanol–water partition coefficient (Wildman–Crippen LogP) is 3.21. The third-order valence-corrected chi connectivity index (χ3v) is 7.18. The number of Topliss-reactive ketones (excluding diaryl/α,β-unsaturated/α-hetero) is 1. The van der Waals surface area contributed by atoms with Crippen LogP contribution in [0.2, 0.25) is 0 Å². The highest BCUT2D eigenvalue weighted by Gasteiger charge is 2.33. The maximum atomic E-state index is 13.0. The number of hydrogen-bond donors (Lipinski definition) is 0. The van der Waals surface area contributed by atoms with Crippen molar-refractivity contribution in [1.29, 1.82) is 0 Å². The van der Waals surface area contributed by atoms with Gasteiger partial charge in [0.1, 0.15) is 5.82 Å². The van der Waals surface area contributed by atoms with E-state index in [1.165, 1.54) is 16.4 Å². The van der Waals surface area contributed by atoms with E-state index in [1.54, 1.807) is 12.1 Å². The molecule has 1 heterocycles. The van der Waals surface area contributed by atoms with Gasteiger partial charge in [-0.05, 0) is 49.1 Å². The smallest absolute Gasteiger partial charge is 0.309 e. The molecule has 3 rings (SSSR count). The normalized spacial score (nSPS) is 15.7. The first kappa shape index (κ1) is 22.1. The van der Waals surface area contributed by atoms with E-state index in [1.807, 2.05) is 19.1 Å². The largest absolute Gasteiger partial charge is 0.457 e. The minimum absolute atomic E-state index is 0.0182. The first-order valence-electron chi connectivity index (χ1n) is 9.85. The molecular weight excluding hydrogens is 409 g/mol. The second-order valence-corrected chi connectivity index (χ2v) is 9.15. The third kappa shape index (κ3) is 5.12. The highest BCUT2D eigenvalue weighted by molar-refractivity contribution is 7.89. The number of aryl methyl sites for hydroxylation is 1. The van der Waals surface area contributed by atoms with E-state index in [0.717, 1.165) is 24.1 Å². The lowest BCUT2D eigenvalue weighted by atomic mass is 9.98. The van der Waals surface area contributed by atoms with Crippen LogP contribution in [-0.4, -0.2) is 44.2 Å². The molecule has 0 bridgehead atoms. The Labute approximate surface area is 175 Å². The van der Waals surface area contributed by atoms with Crippen LogP contribution in [-0.2, 0) is 26.0 Å². The Morgan fingerprint density at radius 2 is 1.63 bits per heavy atom. The molecule has 0 aliphatic carbocycles. The molecule has 8 heteroatoms. The van der Waals surface area contributed by atoms with Crippen molar-refractivity contribution >= 4 is 21.8 Å². The molecule has 0 atom stereocenters. The molecule has 0 saturated carbocycles. The zero-order chi connectivity index (χ0) is 21.7. The number of rotatable bonds is 7. The van der Waals surface area contributed by atoms with Crippen LogP contribution >= 0.6 is 0 Å². The van der Waals surface area contributed by atoms with Crippen LogP contribution in [0, 0.1) is 11.7 Å². The number of piperidine rings is 1. The Kier molecular flexibility index (Phi) is 6.99. The SMILES string of the molecule is CCc1ccc(C(=O)COC(=O)C2CCN(S(=O)(=O)c3ccc(F)cc3)CC2)cc1. The zero-order valence-electron chi connectivity index (χ0n) is 16.7. The summed E-state index contributed by atoms with van der Waals surface area (Å²) in [5.74, 6) is -1.74. The number of esters is 1. The average molecular weight is 434 g/mol. The molecule has 1 aliphatic heterocycles. The summed E-state index contributed by atoms with van der Waals surface area (Å²) >= 11 is 0. The quantitative estimate of drug-likeness (QED) is 0.495. The van der Waals surface area contributed by atoms with Gasteiger partial charge in [-0.3, -0.25) is 9.59 Å². The maximum Gasteiger partial charge on any atom is 0.309 e. The molecule has 0 unspecified atom stereocenters. The van der Waals surface area contributed by atoms with Gasteiger partial charge in [0, 0.05) is 18.7 Å². The summed E-state index contributed by atoms with van der Waals surface area (Å²) in [5.41, 5.74) is 1.60. The van der Waals surface area contributed by atoms with Gasteiger partial charge in [0.05, 0.1) is 10.8 Å². The third-order valence-electron chi connectivity index (χ3n) is 5.27. The standard InChI is InChI=1S/C22H24FNO5S/c1-2-16-3-5-17(6-4-16)21(25)15-29-22(26)18-11-13-24(14-12-18)30(27,28)20-9-7-19(23)8-10-20/h3-10,18H,2,11-15H2,1H3. The molecule has 2 aromatic rings. The Hall–Kier alpha value is -2.58. The molecule has 1 aliphatic rings. The number of benzene rings is 2. The Bertz CT molecular complexity index is 995. The Morgan fingerprint density at radius 1 is 1.03 bits per heavy atom. The number of sulfonamides is 1. The predicted molar refractivity (Wildman–Crippen MR) is 109 cm³/mol. The molecule has 30 heavy (non-hydrogen) atoms. The van der Waals surface area contributed by atoms with Crippen molar-refractivity contribution < 1.29 is 27.1 Å². The lowest BCUT2D eigenvalue weighted by Crippen LogP contribution is -2.40. The molecule has 0 spiro atoms. The first-order chi connectivity index (χ1) is 14.3. The molecule has 0 N–H and O–H groups in total. The van der Waals surface area contributed by atoms with E-state index in [9.17, 15) is 22.4 Å². The van der Waals surface area contributed by atoms with Gasteiger partial charge in [-0.25, -0.2) is 12.8 Å². The van der Waals surface area contributed by atoms with Crippen LogP contribution < -0.4 is 0 Å². The fourth-order valence-corrected chi connectivity index (χ4v) is 4.82. The van der Waals surface area contributed by atoms with E-state index in [4.69, 9.17) is 4.74 Å². The molecule has 0 aromatic heterocycles. The maximum absolute atomic E-state index is 13.0. The summed E-state index contributed by atoms with van der Waals surface area (Å²) in [4.78, 5) is 24.5. The molecule has 1 saturated heterocycles. The van der Waals surface area contributed by atoms with Gasteiger partial charge in [-0.15, -0.1) is 0 Å². The molecule has 1 fully saturated rings. The number of hydrogen-bond acceptors (Lipinski definition) is 5. The van der Waals surface area contributed by atoms with Crippen LogP contribution in [0.1, 0.15) is 35.7 Å². The topological polar surface area (TPSA) is 80.8 Å². The molecule has 6 nitrogen and oxygen atoms in total. The van der Waals surface area contributed by atoms with E-state index in [2.05, 4.69) is 0 Å². The summed E-state index contributed by atoms with van der Waals surface area (Å²) in [6.45, 7) is 2.00. The second kappa shape index (κ2) is 9.49. The van der Waals surface area contributed by atoms with Crippen molar-refractivity contribution in [1.82, 2.24) is 4.31 Å². The number of carbonyl (C=O) groups is 2. The fourth-order valence-electron chi connectivity index (χ4n) is 3.35. The number of nitrogens with zero attached hydrogens (tertiary/aromatic N) is 1. The van der Waals surface area contributed by atoms with Crippen molar-refractivity contribution in [2.24, 2.45) is 5.92 Å². The van der Waals surface area contributed by atoms with Crippen LogP contribution in [0.3, 0.4) is 0 Å². The lowest BCUT2D eigenvalue weighted by Gasteiger charge is -2.30. The Morgan fingerprint density at radius 3 is 2.20 bits per heavy atom. The summed E-state index contributed by atoms with van der Waals surface area (Å²) < 4.78 is 44.8. The van der Waals surface area contributed by atoms with Crippen molar-refractivity contribution in [2.45, 2.75) is 31.1 Å². The van der Waals surface area contributed by atoms with Gasteiger partial charge in [-0.2, -0.15) is 4.31 Å². The van der Waals surface area contributed by atoms with E-state index in [0.29, 0.717) is 18.4 Å². The Balaban J connectivity index is 1.51. The van der Waals surface area contributed by atoms with Gasteiger partial charge >= 0.3 is 5.97 Å². The molecule has 2 aromatic carbocycles. The molecular formula is C22H24FNO5S. The van der Waals surface area contributed by atoms with Crippen molar-refractivity contribution in [2.75, 3.05) is 19.7 Å². The van der Waals surface area contributed by atoms with Gasteiger partial charge in [0.25, 0.3) is 0 Å². The van der Waals surface area contributed by atoms with Crippen molar-refractivity contribution in [3.63, 3.8) is 0 Å². The summed E-state index contributed by atoms with van der Waals surface area (Å²) in [6, 6.07) is 11.8. The van der Waals surface area contributed by atoms with Gasteiger partial charge in [-0.1, -0.05) is 31.2 Å².